The molecule has 4 N–H and O–H groups in total. The van der Waals surface area contributed by atoms with Crippen LogP contribution < -0.4 is 20.5 Å². The van der Waals surface area contributed by atoms with E-state index in [4.69, 9.17) is 29.4 Å². The van der Waals surface area contributed by atoms with Crippen LogP contribution >= 0.6 is 0 Å². The summed E-state index contributed by atoms with van der Waals surface area (Å²) in [5.74, 6) is 0.110. The van der Waals surface area contributed by atoms with E-state index >= 15 is 0 Å². The molecule has 2 heterocycles. The van der Waals surface area contributed by atoms with Gasteiger partial charge < -0.3 is 39.8 Å². The number of carbonyl (C=O) groups is 2. The number of methoxy groups -OCH3 is 3. The average Bonchev–Trinajstić information content (AvgIpc) is 2.87. The summed E-state index contributed by atoms with van der Waals surface area (Å²) in [6, 6.07) is 1.44. The zero-order valence-corrected chi connectivity index (χ0v) is 23.6. The van der Waals surface area contributed by atoms with Gasteiger partial charge in [0.05, 0.1) is 18.9 Å². The lowest BCUT2D eigenvalue weighted by Gasteiger charge is -2.36. The fraction of sp³-hybridized carbons (Fsp3) is 0.517. The van der Waals surface area contributed by atoms with Crippen molar-refractivity contribution < 1.29 is 38.4 Å². The Labute approximate surface area is 229 Å². The molecule has 2 bridgehead atoms. The predicted molar refractivity (Wildman–Crippen MR) is 147 cm³/mol. The van der Waals surface area contributed by atoms with Crippen LogP contribution in [0.2, 0.25) is 0 Å². The number of aromatic hydroxyl groups is 1. The van der Waals surface area contributed by atoms with Crippen molar-refractivity contribution in [3.05, 3.63) is 47.1 Å². The van der Waals surface area contributed by atoms with Crippen molar-refractivity contribution in [2.24, 2.45) is 17.6 Å². The number of amides is 2. The molecule has 0 fully saturated rings. The summed E-state index contributed by atoms with van der Waals surface area (Å²) in [6.45, 7) is 7.56. The molecule has 0 aliphatic carbocycles. The van der Waals surface area contributed by atoms with Crippen LogP contribution in [0.15, 0.2) is 41.5 Å². The second kappa shape index (κ2) is 13.0. The maximum Gasteiger partial charge on any atom is 0.405 e. The number of benzene rings is 1. The van der Waals surface area contributed by atoms with E-state index in [1.165, 1.54) is 20.3 Å². The molecule has 2 amide bonds. The van der Waals surface area contributed by atoms with Crippen LogP contribution in [-0.4, -0.2) is 62.9 Å². The highest BCUT2D eigenvalue weighted by Crippen LogP contribution is 2.47. The van der Waals surface area contributed by atoms with E-state index in [9.17, 15) is 14.7 Å². The molecule has 6 atom stereocenters. The molecular weight excluding hydrogens is 504 g/mol. The number of hydrogen-bond donors (Lipinski definition) is 3. The average molecular weight is 545 g/mol. The molecule has 1 aromatic rings. The Morgan fingerprint density at radius 2 is 1.90 bits per heavy atom. The third-order valence-electron chi connectivity index (χ3n) is 7.18. The van der Waals surface area contributed by atoms with E-state index in [1.807, 2.05) is 19.9 Å². The second-order valence-corrected chi connectivity index (χ2v) is 10.2. The lowest BCUT2D eigenvalue weighted by Crippen LogP contribution is -2.41. The maximum absolute atomic E-state index is 13.2. The highest BCUT2D eigenvalue weighted by Gasteiger charge is 2.36. The summed E-state index contributed by atoms with van der Waals surface area (Å²) < 4.78 is 29.2. The Kier molecular flexibility index (Phi) is 10.0. The van der Waals surface area contributed by atoms with Crippen LogP contribution in [0.25, 0.3) is 0 Å². The molecule has 39 heavy (non-hydrogen) atoms. The Morgan fingerprint density at radius 3 is 2.51 bits per heavy atom. The first-order chi connectivity index (χ1) is 18.5. The first-order valence-electron chi connectivity index (χ1n) is 13.0. The van der Waals surface area contributed by atoms with Crippen molar-refractivity contribution in [1.82, 2.24) is 0 Å². The van der Waals surface area contributed by atoms with Gasteiger partial charge in [0.25, 0.3) is 5.91 Å². The van der Waals surface area contributed by atoms with E-state index in [2.05, 4.69) is 12.2 Å². The number of primary amides is 1. The topological polar surface area (TPSA) is 139 Å². The molecule has 0 spiro atoms. The monoisotopic (exact) mass is 544 g/mol. The zero-order valence-electron chi connectivity index (χ0n) is 23.6. The molecule has 3 rings (SSSR count). The van der Waals surface area contributed by atoms with Gasteiger partial charge in [0.2, 0.25) is 0 Å². The van der Waals surface area contributed by atoms with Gasteiger partial charge in [-0.1, -0.05) is 38.2 Å². The molecule has 2 aliphatic heterocycles. The third-order valence-corrected chi connectivity index (χ3v) is 7.18. The molecule has 0 saturated heterocycles. The number of fused-ring (bicyclic) bond motifs is 1. The molecule has 1 aromatic carbocycles. The van der Waals surface area contributed by atoms with Gasteiger partial charge in [0.15, 0.2) is 23.4 Å². The van der Waals surface area contributed by atoms with E-state index in [-0.39, 0.29) is 29.6 Å². The number of rotatable bonds is 4. The van der Waals surface area contributed by atoms with E-state index in [0.717, 1.165) is 0 Å². The quantitative estimate of drug-likeness (QED) is 0.478. The number of nitrogens with one attached hydrogen (secondary N) is 1. The van der Waals surface area contributed by atoms with Gasteiger partial charge in [0.1, 0.15) is 12.2 Å². The standard InChI is InChI=1S/C29H40N2O8/c1-15-11-19-26-20(14-21(32)27(19)37-7)31-28(33)16(2)9-8-10-22(35-5)24(39-29(30)34)17(3)13-18(4)25(38-26)23(12-15)36-6/h8-10,13-15,18,22-25,32H,11-12H2,1-7H3,(H2,30,34)(H,31,33)/b10-8+,16-9+,17-13+/t15-,18+,22+,23+,24+,25-/m1/s1. The summed E-state index contributed by atoms with van der Waals surface area (Å²) in [6.07, 6.45) is 4.89. The molecule has 214 valence electrons. The summed E-state index contributed by atoms with van der Waals surface area (Å²) in [5.41, 5.74) is 7.48. The molecule has 0 aromatic heterocycles. The van der Waals surface area contributed by atoms with Crippen LogP contribution in [0.3, 0.4) is 0 Å². The van der Waals surface area contributed by atoms with Crippen molar-refractivity contribution in [3.63, 3.8) is 0 Å². The van der Waals surface area contributed by atoms with Crippen molar-refractivity contribution in [1.29, 1.82) is 0 Å². The van der Waals surface area contributed by atoms with Crippen LogP contribution in [-0.2, 0) is 25.4 Å². The first-order valence-corrected chi connectivity index (χ1v) is 13.0. The Morgan fingerprint density at radius 1 is 1.18 bits per heavy atom. The largest absolute Gasteiger partial charge is 0.504 e. The van der Waals surface area contributed by atoms with Crippen LogP contribution in [0, 0.1) is 11.8 Å². The van der Waals surface area contributed by atoms with Crippen molar-refractivity contribution >= 4 is 17.7 Å². The minimum Gasteiger partial charge on any atom is -0.504 e. The van der Waals surface area contributed by atoms with Gasteiger partial charge in [-0.2, -0.15) is 0 Å². The number of allylic oxidation sites excluding steroid dienone is 2. The number of carbonyl (C=O) groups excluding carboxylic acids is 2. The maximum atomic E-state index is 13.2. The third kappa shape index (κ3) is 6.93. The van der Waals surface area contributed by atoms with Gasteiger partial charge in [-0.3, -0.25) is 4.79 Å². The lowest BCUT2D eigenvalue weighted by molar-refractivity contribution is -0.112. The smallest absolute Gasteiger partial charge is 0.405 e. The van der Waals surface area contributed by atoms with Gasteiger partial charge in [-0.05, 0) is 38.2 Å². The summed E-state index contributed by atoms with van der Waals surface area (Å²) in [5, 5.41) is 13.7. The zero-order chi connectivity index (χ0) is 28.9. The summed E-state index contributed by atoms with van der Waals surface area (Å²) in [4.78, 5) is 25.0. The predicted octanol–water partition coefficient (Wildman–Crippen LogP) is 4.26. The Balaban J connectivity index is 2.28. The normalized spacial score (nSPS) is 31.3. The molecular formula is C29H40N2O8. The van der Waals surface area contributed by atoms with E-state index < -0.39 is 24.4 Å². The van der Waals surface area contributed by atoms with Gasteiger partial charge >= 0.3 is 6.09 Å². The van der Waals surface area contributed by atoms with Gasteiger partial charge in [-0.15, -0.1) is 0 Å². The fourth-order valence-corrected chi connectivity index (χ4v) is 5.24. The van der Waals surface area contributed by atoms with Crippen LogP contribution in [0.4, 0.5) is 10.5 Å². The Bertz CT molecular complexity index is 1160. The highest BCUT2D eigenvalue weighted by molar-refractivity contribution is 6.04. The SMILES string of the molecule is COc1c(O)cc2c3c1C[C@@H](C)C[C@H](OC)[C@H](O3)[C@@H](C)/C=C(\C)[C@H](OC(N)=O)[C@@H](OC)/C=C/C=C(\C)C(=O)N2. The van der Waals surface area contributed by atoms with Crippen LogP contribution in [0.1, 0.15) is 39.7 Å². The number of phenolic OH excluding ortho intramolecular Hbond substituents is 1. The van der Waals surface area contributed by atoms with Gasteiger partial charge in [-0.25, -0.2) is 4.79 Å². The molecule has 10 nitrogen and oxygen atoms in total. The fourth-order valence-electron chi connectivity index (χ4n) is 5.24. The lowest BCUT2D eigenvalue weighted by atomic mass is 9.86. The summed E-state index contributed by atoms with van der Waals surface area (Å²) >= 11 is 0. The Hall–Kier alpha value is -3.50. The van der Waals surface area contributed by atoms with E-state index in [0.29, 0.717) is 46.7 Å². The summed E-state index contributed by atoms with van der Waals surface area (Å²) in [7, 11) is 4.63. The van der Waals surface area contributed by atoms with Crippen LogP contribution in [0.5, 0.6) is 17.2 Å². The molecule has 0 unspecified atom stereocenters. The number of nitrogens with two attached hydrogens (primary N) is 1. The minimum absolute atomic E-state index is 0.0969. The molecule has 0 radical (unpaired) electrons. The van der Waals surface area contributed by atoms with Gasteiger partial charge in [0, 0.05) is 37.3 Å². The number of ether oxygens (including phenoxy) is 5. The van der Waals surface area contributed by atoms with E-state index in [1.54, 1.807) is 32.3 Å². The van der Waals surface area contributed by atoms with Crippen molar-refractivity contribution in [2.45, 2.75) is 65.0 Å². The molecule has 2 aliphatic rings. The number of hydrogen-bond acceptors (Lipinski definition) is 8. The molecule has 0 saturated carbocycles. The number of anilines is 1. The second-order valence-electron chi connectivity index (χ2n) is 10.2. The first kappa shape index (κ1) is 30.0. The highest BCUT2D eigenvalue weighted by atomic mass is 16.6. The van der Waals surface area contributed by atoms with Crippen molar-refractivity contribution in [2.75, 3.05) is 26.6 Å². The molecule has 10 heteroatoms. The minimum atomic E-state index is -0.934. The van der Waals surface area contributed by atoms with Crippen molar-refractivity contribution in [3.8, 4) is 17.2 Å². The number of phenols is 1.